The van der Waals surface area contributed by atoms with Crippen LogP contribution in [0.2, 0.25) is 0 Å². The summed E-state index contributed by atoms with van der Waals surface area (Å²) in [5, 5.41) is 4.31. The second kappa shape index (κ2) is 9.79. The van der Waals surface area contributed by atoms with Crippen LogP contribution in [0, 0.1) is 0 Å². The molecule has 6 heteroatoms. The molecular weight excluding hydrogens is 426 g/mol. The molecule has 1 N–H and O–H groups in total. The van der Waals surface area contributed by atoms with Crippen molar-refractivity contribution in [2.24, 2.45) is 0 Å². The Hall–Kier alpha value is -3.48. The highest BCUT2D eigenvalue weighted by molar-refractivity contribution is 5.94. The Balaban J connectivity index is 1.31. The highest BCUT2D eigenvalue weighted by Gasteiger charge is 2.17. The number of ether oxygens (including phenoxy) is 1. The lowest BCUT2D eigenvalue weighted by atomic mass is 10.1. The number of nitrogens with zero attached hydrogens (tertiary/aromatic N) is 2. The second-order valence-electron chi connectivity index (χ2n) is 8.96. The van der Waals surface area contributed by atoms with Crippen LogP contribution >= 0.6 is 0 Å². The van der Waals surface area contributed by atoms with Crippen molar-refractivity contribution < 1.29 is 9.53 Å². The van der Waals surface area contributed by atoms with Crippen LogP contribution in [0.3, 0.4) is 0 Å². The number of rotatable bonds is 6. The topological polar surface area (TPSA) is 63.6 Å². The molecule has 5 rings (SSSR count). The lowest BCUT2D eigenvalue weighted by Crippen LogP contribution is -2.40. The summed E-state index contributed by atoms with van der Waals surface area (Å²) in [6.07, 6.45) is 0.261. The summed E-state index contributed by atoms with van der Waals surface area (Å²) in [5.41, 5.74) is 3.83. The zero-order valence-corrected chi connectivity index (χ0v) is 19.4. The van der Waals surface area contributed by atoms with Gasteiger partial charge in [0.2, 0.25) is 5.91 Å². The van der Waals surface area contributed by atoms with Gasteiger partial charge in [-0.2, -0.15) is 0 Å². The fraction of sp³-hybridized carbons (Fsp3) is 0.286. The van der Waals surface area contributed by atoms with Gasteiger partial charge in [0.15, 0.2) is 5.43 Å². The fourth-order valence-corrected chi connectivity index (χ4v) is 4.78. The summed E-state index contributed by atoms with van der Waals surface area (Å²) in [6, 6.07) is 23.3. The molecule has 1 atom stereocenters. The SMILES string of the molecule is CC1CN(Cc2cccc(CNC(=O)Cn3c4ccccc4c(=O)c4ccccc43)c2)CCO1. The molecule has 3 aromatic carbocycles. The number of carbonyl (C=O) groups excluding carboxylic acids is 1. The maximum atomic E-state index is 13.0. The van der Waals surface area contributed by atoms with Gasteiger partial charge in [0.05, 0.1) is 23.7 Å². The average molecular weight is 456 g/mol. The number of benzene rings is 3. The molecule has 1 aliphatic heterocycles. The van der Waals surface area contributed by atoms with E-state index in [2.05, 4.69) is 29.3 Å². The predicted molar refractivity (Wildman–Crippen MR) is 135 cm³/mol. The molecule has 0 aliphatic carbocycles. The van der Waals surface area contributed by atoms with Gasteiger partial charge < -0.3 is 14.6 Å². The third-order valence-electron chi connectivity index (χ3n) is 6.39. The van der Waals surface area contributed by atoms with Crippen LogP contribution in [-0.2, 0) is 29.2 Å². The Kier molecular flexibility index (Phi) is 6.43. The van der Waals surface area contributed by atoms with Crippen molar-refractivity contribution in [3.8, 4) is 0 Å². The molecule has 174 valence electrons. The van der Waals surface area contributed by atoms with Gasteiger partial charge >= 0.3 is 0 Å². The zero-order chi connectivity index (χ0) is 23.5. The number of para-hydroxylation sites is 2. The average Bonchev–Trinajstić information content (AvgIpc) is 2.86. The summed E-state index contributed by atoms with van der Waals surface area (Å²) in [7, 11) is 0. The Morgan fingerprint density at radius 2 is 1.65 bits per heavy atom. The minimum Gasteiger partial charge on any atom is -0.376 e. The van der Waals surface area contributed by atoms with Crippen LogP contribution in [0.25, 0.3) is 21.8 Å². The Labute approximate surface area is 198 Å². The molecule has 0 radical (unpaired) electrons. The first-order valence-electron chi connectivity index (χ1n) is 11.8. The number of nitrogens with one attached hydrogen (secondary N) is 1. The molecular formula is C28H29N3O3. The molecule has 1 aliphatic rings. The smallest absolute Gasteiger partial charge is 0.240 e. The number of pyridine rings is 1. The van der Waals surface area contributed by atoms with Gasteiger partial charge in [0.1, 0.15) is 6.54 Å². The standard InChI is InChI=1S/C28H29N3O3/c1-20-17-30(13-14-34-20)18-22-8-6-7-21(15-22)16-29-27(32)19-31-25-11-4-2-9-23(25)28(33)24-10-3-5-12-26(24)31/h2-12,15,20H,13-14,16-19H2,1H3,(H,29,32). The molecule has 1 unspecified atom stereocenters. The van der Waals surface area contributed by atoms with E-state index < -0.39 is 0 Å². The maximum absolute atomic E-state index is 13.0. The van der Waals surface area contributed by atoms with Crippen molar-refractivity contribution in [1.29, 1.82) is 0 Å². The minimum absolute atomic E-state index is 0.00525. The Morgan fingerprint density at radius 3 is 2.35 bits per heavy atom. The van der Waals surface area contributed by atoms with Crippen LogP contribution in [0.1, 0.15) is 18.1 Å². The number of carbonyl (C=O) groups is 1. The fourth-order valence-electron chi connectivity index (χ4n) is 4.78. The van der Waals surface area contributed by atoms with Crippen LogP contribution in [0.5, 0.6) is 0 Å². The van der Waals surface area contributed by atoms with Gasteiger partial charge in [-0.15, -0.1) is 0 Å². The van der Waals surface area contributed by atoms with E-state index in [-0.39, 0.29) is 24.0 Å². The summed E-state index contributed by atoms with van der Waals surface area (Å²) in [4.78, 5) is 28.3. The molecule has 1 fully saturated rings. The van der Waals surface area contributed by atoms with Crippen LogP contribution in [0.4, 0.5) is 0 Å². The van der Waals surface area contributed by atoms with Crippen molar-refractivity contribution in [1.82, 2.24) is 14.8 Å². The molecule has 6 nitrogen and oxygen atoms in total. The third-order valence-corrected chi connectivity index (χ3v) is 6.39. The number of hydrogen-bond donors (Lipinski definition) is 1. The van der Waals surface area contributed by atoms with Gasteiger partial charge in [-0.05, 0) is 42.3 Å². The van der Waals surface area contributed by atoms with Crippen LogP contribution in [-0.4, -0.2) is 41.2 Å². The number of aromatic nitrogens is 1. The summed E-state index contributed by atoms with van der Waals surface area (Å²) in [6.45, 7) is 6.23. The highest BCUT2D eigenvalue weighted by atomic mass is 16.5. The van der Waals surface area contributed by atoms with Gasteiger partial charge in [-0.25, -0.2) is 0 Å². The van der Waals surface area contributed by atoms with E-state index in [4.69, 9.17) is 4.74 Å². The van der Waals surface area contributed by atoms with Crippen molar-refractivity contribution >= 4 is 27.7 Å². The first-order valence-corrected chi connectivity index (χ1v) is 11.8. The van der Waals surface area contributed by atoms with Crippen LogP contribution < -0.4 is 10.7 Å². The molecule has 2 heterocycles. The molecule has 1 aromatic heterocycles. The van der Waals surface area contributed by atoms with E-state index in [0.717, 1.165) is 42.8 Å². The zero-order valence-electron chi connectivity index (χ0n) is 19.4. The second-order valence-corrected chi connectivity index (χ2v) is 8.96. The number of hydrogen-bond acceptors (Lipinski definition) is 4. The number of fused-ring (bicyclic) bond motifs is 2. The lowest BCUT2D eigenvalue weighted by molar-refractivity contribution is -0.121. The van der Waals surface area contributed by atoms with E-state index in [0.29, 0.717) is 17.3 Å². The highest BCUT2D eigenvalue weighted by Crippen LogP contribution is 2.19. The van der Waals surface area contributed by atoms with E-state index in [1.54, 1.807) is 0 Å². The largest absolute Gasteiger partial charge is 0.376 e. The van der Waals surface area contributed by atoms with Crippen LogP contribution in [0.15, 0.2) is 77.6 Å². The summed E-state index contributed by atoms with van der Waals surface area (Å²) < 4.78 is 7.56. The third kappa shape index (κ3) is 4.74. The molecule has 0 bridgehead atoms. The van der Waals surface area contributed by atoms with Crippen molar-refractivity contribution in [2.45, 2.75) is 32.7 Å². The number of amides is 1. The number of morpholine rings is 1. The quantitative estimate of drug-likeness (QED) is 0.451. The normalized spacial score (nSPS) is 16.7. The summed E-state index contributed by atoms with van der Waals surface area (Å²) >= 11 is 0. The molecule has 1 saturated heterocycles. The Bertz CT molecular complexity index is 1330. The van der Waals surface area contributed by atoms with Gasteiger partial charge in [0, 0.05) is 37.0 Å². The van der Waals surface area contributed by atoms with Crippen molar-refractivity contribution in [2.75, 3.05) is 19.7 Å². The predicted octanol–water partition coefficient (Wildman–Crippen LogP) is 3.69. The van der Waals surface area contributed by atoms with Crippen molar-refractivity contribution in [3.63, 3.8) is 0 Å². The first kappa shape index (κ1) is 22.3. The molecule has 0 saturated carbocycles. The maximum Gasteiger partial charge on any atom is 0.240 e. The van der Waals surface area contributed by atoms with E-state index in [9.17, 15) is 9.59 Å². The van der Waals surface area contributed by atoms with Gasteiger partial charge in [-0.3, -0.25) is 14.5 Å². The molecule has 0 spiro atoms. The van der Waals surface area contributed by atoms with Crippen molar-refractivity contribution in [3.05, 3.63) is 94.1 Å². The van der Waals surface area contributed by atoms with E-state index in [1.165, 1.54) is 5.56 Å². The summed E-state index contributed by atoms with van der Waals surface area (Å²) in [5.74, 6) is -0.0913. The van der Waals surface area contributed by atoms with E-state index in [1.807, 2.05) is 65.2 Å². The molecule has 34 heavy (non-hydrogen) atoms. The van der Waals surface area contributed by atoms with E-state index >= 15 is 0 Å². The molecule has 1 amide bonds. The first-order chi connectivity index (χ1) is 16.6. The Morgan fingerprint density at radius 1 is 0.971 bits per heavy atom. The lowest BCUT2D eigenvalue weighted by Gasteiger charge is -2.31. The van der Waals surface area contributed by atoms with Gasteiger partial charge in [-0.1, -0.05) is 48.5 Å². The van der Waals surface area contributed by atoms with Gasteiger partial charge in [0.25, 0.3) is 0 Å². The molecule has 4 aromatic rings. The minimum atomic E-state index is -0.0913. The monoisotopic (exact) mass is 455 g/mol.